The van der Waals surface area contributed by atoms with Gasteiger partial charge in [-0.15, -0.1) is 0 Å². The summed E-state index contributed by atoms with van der Waals surface area (Å²) < 4.78 is 0. The molecule has 0 aliphatic rings. The van der Waals surface area contributed by atoms with E-state index in [-0.39, 0.29) is 63.7 Å². The second kappa shape index (κ2) is 20.5. The van der Waals surface area contributed by atoms with Crippen molar-refractivity contribution in [3.05, 3.63) is 114 Å². The number of aromatic amines is 1. The third kappa shape index (κ3) is 13.2. The van der Waals surface area contributed by atoms with Gasteiger partial charge in [0.2, 0.25) is 34.7 Å². The van der Waals surface area contributed by atoms with Gasteiger partial charge in [0.25, 0.3) is 0 Å². The van der Waals surface area contributed by atoms with Crippen LogP contribution < -0.4 is 26.3 Å². The number of pyridine rings is 1. The topological polar surface area (TPSA) is 212 Å². The van der Waals surface area contributed by atoms with Crippen molar-refractivity contribution in [1.82, 2.24) is 20.4 Å². The average Bonchev–Trinajstić information content (AvgIpc) is 3.18. The molecule has 0 unspecified atom stereocenters. The maximum atomic E-state index is 12.8. The molecule has 2 atom stereocenters. The van der Waals surface area contributed by atoms with Crippen molar-refractivity contribution in [3.63, 3.8) is 0 Å². The van der Waals surface area contributed by atoms with Crippen LogP contribution in [-0.2, 0) is 41.6 Å². The Morgan fingerprint density at radius 2 is 0.948 bits per heavy atom. The number of carbonyl (C=O) groups excluding carboxylic acids is 4. The highest BCUT2D eigenvalue weighted by molar-refractivity contribution is 5.97. The zero-order valence-electron chi connectivity index (χ0n) is 32.4. The Labute approximate surface area is 335 Å². The second-order valence-electron chi connectivity index (χ2n) is 14.2. The number of likely N-dealkylation sites (N-methyl/N-ethyl adjacent to an activating group) is 2. The molecule has 0 saturated carbocycles. The molecule has 0 bridgehead atoms. The molecule has 7 N–H and O–H groups in total. The van der Waals surface area contributed by atoms with Crippen LogP contribution in [0.1, 0.15) is 24.0 Å². The average molecular weight is 791 g/mol. The quantitative estimate of drug-likeness (QED) is 0.0635. The summed E-state index contributed by atoms with van der Waals surface area (Å²) in [5.74, 6) is -3.68. The van der Waals surface area contributed by atoms with Crippen LogP contribution in [0.3, 0.4) is 0 Å². The lowest BCUT2D eigenvalue weighted by molar-refractivity contribution is -0.310. The first-order chi connectivity index (χ1) is 27.8. The van der Waals surface area contributed by atoms with E-state index in [2.05, 4.69) is 26.3 Å². The summed E-state index contributed by atoms with van der Waals surface area (Å²) in [7, 11) is 3.36. The number of nitrogens with one attached hydrogen (secondary N) is 5. The van der Waals surface area contributed by atoms with Crippen molar-refractivity contribution in [3.8, 4) is 0 Å². The Bertz CT molecular complexity index is 2100. The number of H-pyrrole nitrogens is 1. The van der Waals surface area contributed by atoms with E-state index in [4.69, 9.17) is 0 Å². The highest BCUT2D eigenvalue weighted by atomic mass is 16.4. The van der Waals surface area contributed by atoms with E-state index in [1.165, 1.54) is 0 Å². The normalized spacial score (nSPS) is 12.2. The van der Waals surface area contributed by atoms with Crippen molar-refractivity contribution in [1.29, 1.82) is 0 Å². The van der Waals surface area contributed by atoms with Gasteiger partial charge in [-0.05, 0) is 55.6 Å². The van der Waals surface area contributed by atoms with Gasteiger partial charge in [0, 0.05) is 73.1 Å². The number of carboxylic acids is 2. The minimum atomic E-state index is -1.13. The van der Waals surface area contributed by atoms with Gasteiger partial charge in [-0.25, -0.2) is 14.6 Å². The van der Waals surface area contributed by atoms with Gasteiger partial charge < -0.3 is 31.5 Å². The zero-order chi connectivity index (χ0) is 41.6. The summed E-state index contributed by atoms with van der Waals surface area (Å²) in [6, 6.07) is 28.9. The van der Waals surface area contributed by atoms with Crippen LogP contribution in [0.5, 0.6) is 0 Å². The van der Waals surface area contributed by atoms with Crippen molar-refractivity contribution in [2.75, 3.05) is 50.9 Å². The molecule has 0 aliphatic carbocycles. The minimum absolute atomic E-state index is 0.0749. The largest absolute Gasteiger partial charge is 0.480 e. The van der Waals surface area contributed by atoms with Crippen molar-refractivity contribution >= 4 is 68.7 Å². The molecule has 0 saturated heterocycles. The second-order valence-corrected chi connectivity index (χ2v) is 14.2. The molecule has 15 heteroatoms. The number of fused-ring (bicyclic) bond motifs is 2. The maximum Gasteiger partial charge on any atom is 0.326 e. The minimum Gasteiger partial charge on any atom is -0.480 e. The molecule has 58 heavy (non-hydrogen) atoms. The maximum absolute atomic E-state index is 12.8. The highest BCUT2D eigenvalue weighted by Gasteiger charge is 2.23. The molecule has 0 fully saturated rings. The molecule has 0 spiro atoms. The molecule has 5 rings (SSSR count). The predicted octanol–water partition coefficient (Wildman–Crippen LogP) is 2.95. The third-order valence-electron chi connectivity index (χ3n) is 9.35. The van der Waals surface area contributed by atoms with E-state index in [0.29, 0.717) is 11.4 Å². The predicted molar refractivity (Wildman–Crippen MR) is 219 cm³/mol. The number of aromatic nitrogens is 1. The molecule has 302 valence electrons. The van der Waals surface area contributed by atoms with Gasteiger partial charge >= 0.3 is 11.9 Å². The van der Waals surface area contributed by atoms with E-state index < -0.39 is 35.8 Å². The fourth-order valence-corrected chi connectivity index (χ4v) is 6.31. The van der Waals surface area contributed by atoms with Gasteiger partial charge in [-0.3, -0.25) is 29.0 Å². The molecule has 0 radical (unpaired) electrons. The number of aliphatic carboxylic acids is 2. The number of anilines is 2. The van der Waals surface area contributed by atoms with Crippen LogP contribution in [0.25, 0.3) is 21.8 Å². The number of carbonyl (C=O) groups is 6. The summed E-state index contributed by atoms with van der Waals surface area (Å²) in [6.07, 6.45) is 0.511. The van der Waals surface area contributed by atoms with Crippen LogP contribution >= 0.6 is 0 Å². The molecule has 4 aromatic carbocycles. The van der Waals surface area contributed by atoms with E-state index in [0.717, 1.165) is 32.9 Å². The van der Waals surface area contributed by atoms with E-state index in [9.17, 15) is 39.0 Å². The van der Waals surface area contributed by atoms with E-state index in [1.54, 1.807) is 96.7 Å². The summed E-state index contributed by atoms with van der Waals surface area (Å²) in [5.41, 5.74) is 4.22. The Hall–Kier alpha value is -6.71. The van der Waals surface area contributed by atoms with Crippen molar-refractivity contribution in [2.24, 2.45) is 0 Å². The number of hydrogen-bond acceptors (Lipinski definition) is 8. The van der Waals surface area contributed by atoms with E-state index >= 15 is 0 Å². The highest BCUT2D eigenvalue weighted by Crippen LogP contribution is 2.22. The Kier molecular flexibility index (Phi) is 15.0. The van der Waals surface area contributed by atoms with Crippen LogP contribution in [-0.4, -0.2) is 108 Å². The van der Waals surface area contributed by atoms with Gasteiger partial charge in [0.05, 0.1) is 13.1 Å². The first kappa shape index (κ1) is 42.4. The zero-order valence-corrected chi connectivity index (χ0v) is 32.4. The Balaban J connectivity index is 1.08. The summed E-state index contributed by atoms with van der Waals surface area (Å²) >= 11 is 0. The van der Waals surface area contributed by atoms with Crippen molar-refractivity contribution < 1.29 is 44.0 Å². The fraction of sp³-hybridized carbons (Fsp3) is 0.279. The molecule has 1 aromatic heterocycles. The van der Waals surface area contributed by atoms with Crippen molar-refractivity contribution in [2.45, 2.75) is 37.8 Å². The van der Waals surface area contributed by atoms with Gasteiger partial charge in [-0.1, -0.05) is 60.7 Å². The standard InChI is InChI=1S/C43H47N7O8/c1-49(26-40(53)47-36(42(55)56)21-28-9-5-3-6-10-28)19-17-38(51)44-32-15-13-30-23-31-14-16-33(25-35(31)46-34(30)24-32)45-39(52)18-20-50(2)27-41(54)48-37(43(57)58)22-29-11-7-4-8-12-29/h3-16,23-25,36-37H,17-22,26-27H2,1-2H3,(H,44,51)(H,45,52)(H,47,53)(H,48,54)(H,55,56)(H,57,58)/p+1/t36-,37-/m0/s1. The van der Waals surface area contributed by atoms with Crippen LogP contribution in [0.15, 0.2) is 103 Å². The number of rotatable bonds is 20. The monoisotopic (exact) mass is 790 g/mol. The number of hydrogen-bond donors (Lipinski definition) is 6. The SMILES string of the molecule is CN(CCC(=O)Nc1ccc2cc3ccc(NC(=O)CCN(C)CC(=O)N[C@@H](Cc4ccccc4)C(=O)O)cc3[nH+]c2c1)CC(=O)N[C@@H](Cc1ccccc1)C(=O)O. The molecular formula is C43H48N7O8+. The number of carboxylic acid groups (broad SMARTS) is 2. The van der Waals surface area contributed by atoms with Gasteiger partial charge in [-0.2, -0.15) is 0 Å². The number of amides is 4. The number of nitrogens with zero attached hydrogens (tertiary/aromatic N) is 2. The fourth-order valence-electron chi connectivity index (χ4n) is 6.31. The lowest BCUT2D eigenvalue weighted by Crippen LogP contribution is -2.46. The lowest BCUT2D eigenvalue weighted by atomic mass is 10.1. The Morgan fingerprint density at radius 1 is 0.552 bits per heavy atom. The molecule has 4 amide bonds. The number of benzene rings is 4. The smallest absolute Gasteiger partial charge is 0.326 e. The third-order valence-corrected chi connectivity index (χ3v) is 9.35. The van der Waals surface area contributed by atoms with Crippen LogP contribution in [0, 0.1) is 0 Å². The summed E-state index contributed by atoms with van der Waals surface area (Å²) in [6.45, 7) is 0.383. The lowest BCUT2D eigenvalue weighted by Gasteiger charge is -2.19. The molecule has 15 nitrogen and oxygen atoms in total. The summed E-state index contributed by atoms with van der Waals surface area (Å²) in [4.78, 5) is 81.0. The molecule has 5 aromatic rings. The summed E-state index contributed by atoms with van der Waals surface area (Å²) in [5, 5.41) is 31.9. The first-order valence-corrected chi connectivity index (χ1v) is 18.8. The van der Waals surface area contributed by atoms with Crippen LogP contribution in [0.2, 0.25) is 0 Å². The molecule has 0 aliphatic heterocycles. The molecular weight excluding hydrogens is 743 g/mol. The van der Waals surface area contributed by atoms with Gasteiger partial charge in [0.1, 0.15) is 12.1 Å². The first-order valence-electron chi connectivity index (χ1n) is 18.8. The van der Waals surface area contributed by atoms with Gasteiger partial charge in [0.15, 0.2) is 0 Å². The van der Waals surface area contributed by atoms with Crippen LogP contribution in [0.4, 0.5) is 11.4 Å². The van der Waals surface area contributed by atoms with E-state index in [1.807, 2.05) is 30.3 Å². The Morgan fingerprint density at radius 3 is 1.33 bits per heavy atom. The molecule has 1 heterocycles.